The highest BCUT2D eigenvalue weighted by Gasteiger charge is 2.31. The lowest BCUT2D eigenvalue weighted by Gasteiger charge is -2.12. The van der Waals surface area contributed by atoms with Crippen LogP contribution in [0.1, 0.15) is 41.9 Å². The van der Waals surface area contributed by atoms with Crippen molar-refractivity contribution in [2.75, 3.05) is 0 Å². The fraction of sp³-hybridized carbons (Fsp3) is 0.250. The molecule has 4 rings (SSSR count). The summed E-state index contributed by atoms with van der Waals surface area (Å²) in [7, 11) is 0. The number of rotatable bonds is 5. The van der Waals surface area contributed by atoms with Crippen molar-refractivity contribution < 1.29 is 23.0 Å². The van der Waals surface area contributed by atoms with Crippen molar-refractivity contribution in [3.8, 4) is 16.9 Å². The van der Waals surface area contributed by atoms with E-state index in [1.165, 1.54) is 24.3 Å². The highest BCUT2D eigenvalue weighted by molar-refractivity contribution is 5.63. The Hall–Kier alpha value is -3.00. The normalized spacial score (nSPS) is 15.3. The molecule has 2 aromatic heterocycles. The number of aliphatic hydroxyl groups is 1. The second-order valence-electron chi connectivity index (χ2n) is 6.60. The van der Waals surface area contributed by atoms with E-state index in [9.17, 15) is 18.3 Å². The van der Waals surface area contributed by atoms with Crippen LogP contribution in [0.5, 0.6) is 5.75 Å². The van der Waals surface area contributed by atoms with Crippen LogP contribution in [0, 0.1) is 0 Å². The third-order valence-electron chi connectivity index (χ3n) is 4.44. The van der Waals surface area contributed by atoms with Crippen LogP contribution >= 0.6 is 0 Å². The molecular formula is C20H16F3N3O2. The van der Waals surface area contributed by atoms with E-state index < -0.39 is 12.5 Å². The van der Waals surface area contributed by atoms with E-state index in [1.807, 2.05) is 0 Å². The molecule has 0 spiro atoms. The van der Waals surface area contributed by atoms with E-state index in [2.05, 4.69) is 19.7 Å². The zero-order valence-corrected chi connectivity index (χ0v) is 14.6. The van der Waals surface area contributed by atoms with Gasteiger partial charge in [-0.15, -0.1) is 13.2 Å². The van der Waals surface area contributed by atoms with Gasteiger partial charge in [-0.1, -0.05) is 18.2 Å². The van der Waals surface area contributed by atoms with Crippen LogP contribution in [0.15, 0.2) is 55.0 Å². The maximum absolute atomic E-state index is 12.2. The molecule has 8 heteroatoms. The van der Waals surface area contributed by atoms with Gasteiger partial charge in [-0.05, 0) is 36.6 Å². The van der Waals surface area contributed by atoms with Crippen LogP contribution in [-0.4, -0.2) is 26.4 Å². The highest BCUT2D eigenvalue weighted by atomic mass is 19.4. The van der Waals surface area contributed by atoms with Crippen LogP contribution in [0.3, 0.4) is 0 Å². The molecule has 1 aromatic carbocycles. The van der Waals surface area contributed by atoms with Gasteiger partial charge in [0, 0.05) is 35.6 Å². The van der Waals surface area contributed by atoms with Gasteiger partial charge in [0.1, 0.15) is 17.7 Å². The minimum Gasteiger partial charge on any atom is -0.406 e. The van der Waals surface area contributed by atoms with E-state index in [0.717, 1.165) is 18.7 Å². The number of pyridine rings is 1. The molecule has 1 N–H and O–H groups in total. The van der Waals surface area contributed by atoms with Crippen molar-refractivity contribution in [3.63, 3.8) is 0 Å². The zero-order chi connectivity index (χ0) is 19.7. The molecule has 0 bridgehead atoms. The third-order valence-corrected chi connectivity index (χ3v) is 4.44. The topological polar surface area (TPSA) is 68.1 Å². The van der Waals surface area contributed by atoms with E-state index >= 15 is 0 Å². The summed E-state index contributed by atoms with van der Waals surface area (Å²) >= 11 is 0. The van der Waals surface area contributed by atoms with Crippen LogP contribution < -0.4 is 4.74 Å². The Kier molecular flexibility index (Phi) is 4.72. The SMILES string of the molecule is OC(c1cnc(C2CC2)nc1)c1ccc(-c2ccc(OC(F)(F)F)cc2)cn1. The average Bonchev–Trinajstić information content (AvgIpc) is 3.52. The maximum atomic E-state index is 12.2. The molecule has 1 saturated carbocycles. The number of hydrogen-bond acceptors (Lipinski definition) is 5. The van der Waals surface area contributed by atoms with Gasteiger partial charge in [0.2, 0.25) is 0 Å². The Morgan fingerprint density at radius 2 is 1.54 bits per heavy atom. The average molecular weight is 387 g/mol. The molecule has 2 heterocycles. The number of ether oxygens (including phenoxy) is 1. The fourth-order valence-corrected chi connectivity index (χ4v) is 2.80. The minimum atomic E-state index is -4.72. The monoisotopic (exact) mass is 387 g/mol. The minimum absolute atomic E-state index is 0.286. The molecule has 0 saturated heterocycles. The molecule has 0 amide bonds. The first-order chi connectivity index (χ1) is 13.4. The van der Waals surface area contributed by atoms with Crippen molar-refractivity contribution >= 4 is 0 Å². The van der Waals surface area contributed by atoms with Crippen LogP contribution in [0.2, 0.25) is 0 Å². The molecule has 3 aromatic rings. The number of nitrogens with zero attached hydrogens (tertiary/aromatic N) is 3. The summed E-state index contributed by atoms with van der Waals surface area (Å²) in [4.78, 5) is 12.9. The highest BCUT2D eigenvalue weighted by Crippen LogP contribution is 2.38. The zero-order valence-electron chi connectivity index (χ0n) is 14.6. The summed E-state index contributed by atoms with van der Waals surface area (Å²) in [6, 6.07) is 8.91. The molecule has 0 radical (unpaired) electrons. The molecule has 1 fully saturated rings. The first-order valence-corrected chi connectivity index (χ1v) is 8.71. The number of hydrogen-bond donors (Lipinski definition) is 1. The Balaban J connectivity index is 1.47. The number of aliphatic hydroxyl groups excluding tert-OH is 1. The van der Waals surface area contributed by atoms with E-state index in [-0.39, 0.29) is 5.75 Å². The largest absolute Gasteiger partial charge is 0.573 e. The molecule has 5 nitrogen and oxygen atoms in total. The Morgan fingerprint density at radius 1 is 0.893 bits per heavy atom. The molecular weight excluding hydrogens is 371 g/mol. The molecule has 1 aliphatic rings. The van der Waals surface area contributed by atoms with Crippen LogP contribution in [0.25, 0.3) is 11.1 Å². The summed E-state index contributed by atoms with van der Waals surface area (Å²) in [5.41, 5.74) is 2.37. The van der Waals surface area contributed by atoms with Gasteiger partial charge in [0.05, 0.1) is 5.69 Å². The van der Waals surface area contributed by atoms with Gasteiger partial charge >= 0.3 is 6.36 Å². The molecule has 0 aliphatic heterocycles. The lowest BCUT2D eigenvalue weighted by Crippen LogP contribution is -2.16. The predicted molar refractivity (Wildman–Crippen MR) is 94.4 cm³/mol. The lowest BCUT2D eigenvalue weighted by atomic mass is 10.1. The van der Waals surface area contributed by atoms with Crippen LogP contribution in [-0.2, 0) is 0 Å². The predicted octanol–water partition coefficient (Wildman–Crippen LogP) is 4.40. The fourth-order valence-electron chi connectivity index (χ4n) is 2.80. The molecule has 144 valence electrons. The lowest BCUT2D eigenvalue weighted by molar-refractivity contribution is -0.274. The van der Waals surface area contributed by atoms with Gasteiger partial charge < -0.3 is 9.84 Å². The van der Waals surface area contributed by atoms with E-state index in [1.54, 1.807) is 30.7 Å². The number of benzene rings is 1. The molecule has 1 atom stereocenters. The van der Waals surface area contributed by atoms with E-state index in [0.29, 0.717) is 28.3 Å². The van der Waals surface area contributed by atoms with Crippen molar-refractivity contribution in [1.29, 1.82) is 0 Å². The first kappa shape index (κ1) is 18.4. The summed E-state index contributed by atoms with van der Waals surface area (Å²) in [5.74, 6) is 0.958. The maximum Gasteiger partial charge on any atom is 0.573 e. The summed E-state index contributed by atoms with van der Waals surface area (Å²) in [5, 5.41) is 10.5. The standard InChI is InChI=1S/C20H16F3N3O2/c21-20(22,23)28-16-6-3-12(4-7-16)14-5-8-17(24-9-14)18(27)15-10-25-19(26-11-15)13-1-2-13/h3-11,13,18,27H,1-2H2. The smallest absolute Gasteiger partial charge is 0.406 e. The quantitative estimate of drug-likeness (QED) is 0.703. The van der Waals surface area contributed by atoms with Crippen molar-refractivity contribution in [1.82, 2.24) is 15.0 Å². The second-order valence-corrected chi connectivity index (χ2v) is 6.60. The van der Waals surface area contributed by atoms with Crippen molar-refractivity contribution in [2.24, 2.45) is 0 Å². The van der Waals surface area contributed by atoms with Crippen LogP contribution in [0.4, 0.5) is 13.2 Å². The van der Waals surface area contributed by atoms with E-state index in [4.69, 9.17) is 0 Å². The Labute approximate surface area is 158 Å². The van der Waals surface area contributed by atoms with Crippen molar-refractivity contribution in [3.05, 3.63) is 72.1 Å². The third kappa shape index (κ3) is 4.28. The second kappa shape index (κ2) is 7.20. The Bertz CT molecular complexity index is 938. The van der Waals surface area contributed by atoms with Gasteiger partial charge in [-0.2, -0.15) is 0 Å². The van der Waals surface area contributed by atoms with Gasteiger partial charge in [0.25, 0.3) is 0 Å². The summed E-state index contributed by atoms with van der Waals surface area (Å²) in [6.07, 6.45) is 1.31. The number of alkyl halides is 3. The number of aromatic nitrogens is 3. The first-order valence-electron chi connectivity index (χ1n) is 8.71. The molecule has 1 unspecified atom stereocenters. The summed E-state index contributed by atoms with van der Waals surface area (Å²) in [6.45, 7) is 0. The Morgan fingerprint density at radius 3 is 2.07 bits per heavy atom. The molecule has 1 aliphatic carbocycles. The van der Waals surface area contributed by atoms with Gasteiger partial charge in [-0.25, -0.2) is 9.97 Å². The number of halogens is 3. The summed E-state index contributed by atoms with van der Waals surface area (Å²) < 4.78 is 40.5. The van der Waals surface area contributed by atoms with Gasteiger partial charge in [-0.3, -0.25) is 4.98 Å². The van der Waals surface area contributed by atoms with Crippen molar-refractivity contribution in [2.45, 2.75) is 31.2 Å². The molecule has 28 heavy (non-hydrogen) atoms. The van der Waals surface area contributed by atoms with Gasteiger partial charge in [0.15, 0.2) is 0 Å².